The molecule has 0 radical (unpaired) electrons. The molecule has 31 heavy (non-hydrogen) atoms. The Labute approximate surface area is 181 Å². The van der Waals surface area contributed by atoms with E-state index in [9.17, 15) is 4.79 Å². The number of benzene rings is 2. The zero-order valence-electron chi connectivity index (χ0n) is 18.5. The van der Waals surface area contributed by atoms with E-state index in [1.54, 1.807) is 19.4 Å². The quantitative estimate of drug-likeness (QED) is 0.444. The number of ether oxygens (including phenoxy) is 1. The summed E-state index contributed by atoms with van der Waals surface area (Å²) in [5.74, 6) is 1.59. The van der Waals surface area contributed by atoms with E-state index >= 15 is 0 Å². The van der Waals surface area contributed by atoms with Gasteiger partial charge < -0.3 is 9.30 Å². The second-order valence-corrected chi connectivity index (χ2v) is 7.92. The molecule has 4 aromatic rings. The largest absolute Gasteiger partial charge is 0.496 e. The number of aryl methyl sites for hydroxylation is 2. The molecule has 0 unspecified atom stereocenters. The van der Waals surface area contributed by atoms with E-state index in [1.165, 1.54) is 4.68 Å². The monoisotopic (exact) mass is 414 g/mol. The van der Waals surface area contributed by atoms with Crippen molar-refractivity contribution in [1.29, 1.82) is 0 Å². The van der Waals surface area contributed by atoms with E-state index in [0.717, 1.165) is 28.1 Å². The summed E-state index contributed by atoms with van der Waals surface area (Å²) in [4.78, 5) is 18.2. The predicted octanol–water partition coefficient (Wildman–Crippen LogP) is 4.72. The Balaban J connectivity index is 2.02. The van der Waals surface area contributed by atoms with Crippen molar-refractivity contribution in [3.05, 3.63) is 81.9 Å². The van der Waals surface area contributed by atoms with Crippen LogP contribution in [-0.4, -0.2) is 27.6 Å². The summed E-state index contributed by atoms with van der Waals surface area (Å²) < 4.78 is 8.93. The lowest BCUT2D eigenvalue weighted by Crippen LogP contribution is -2.21. The van der Waals surface area contributed by atoms with Gasteiger partial charge in [-0.3, -0.25) is 4.79 Å². The molecule has 0 aliphatic heterocycles. The first-order chi connectivity index (χ1) is 14.9. The summed E-state index contributed by atoms with van der Waals surface area (Å²) in [6.07, 6.45) is 3.62. The normalized spacial score (nSPS) is 11.7. The third-order valence-corrected chi connectivity index (χ3v) is 5.48. The smallest absolute Gasteiger partial charge is 0.282 e. The van der Waals surface area contributed by atoms with Crippen molar-refractivity contribution in [2.45, 2.75) is 26.7 Å². The highest BCUT2D eigenvalue weighted by Crippen LogP contribution is 2.34. The first-order valence-electron chi connectivity index (χ1n) is 10.3. The van der Waals surface area contributed by atoms with Crippen LogP contribution in [0.3, 0.4) is 0 Å². The van der Waals surface area contributed by atoms with Crippen molar-refractivity contribution in [2.24, 2.45) is 12.1 Å². The van der Waals surface area contributed by atoms with Crippen LogP contribution in [-0.2, 0) is 7.05 Å². The van der Waals surface area contributed by atoms with Crippen molar-refractivity contribution >= 4 is 17.1 Å². The Morgan fingerprint density at radius 3 is 2.58 bits per heavy atom. The van der Waals surface area contributed by atoms with Crippen molar-refractivity contribution in [1.82, 2.24) is 14.2 Å². The van der Waals surface area contributed by atoms with E-state index in [0.29, 0.717) is 16.7 Å². The number of methoxy groups -OCH3 is 1. The maximum atomic E-state index is 13.4. The first kappa shape index (κ1) is 20.6. The Kier molecular flexibility index (Phi) is 5.46. The van der Waals surface area contributed by atoms with Crippen LogP contribution in [0.1, 0.15) is 36.6 Å². The van der Waals surface area contributed by atoms with Gasteiger partial charge in [-0.2, -0.15) is 9.78 Å². The maximum Gasteiger partial charge on any atom is 0.282 e. The molecule has 2 aromatic carbocycles. The Hall–Kier alpha value is -3.67. The van der Waals surface area contributed by atoms with Gasteiger partial charge in [0, 0.05) is 18.8 Å². The number of fused-ring (bicyclic) bond motifs is 1. The molecule has 158 valence electrons. The van der Waals surface area contributed by atoms with Crippen LogP contribution in [0.2, 0.25) is 0 Å². The summed E-state index contributed by atoms with van der Waals surface area (Å²) in [6, 6.07) is 15.3. The molecule has 2 aromatic heterocycles. The SMILES string of the molecule is COc1cc(C)c(-c2nc3ccccc3c(=O)n2N=Cc2cccn2C)cc1C(C)C. The van der Waals surface area contributed by atoms with Gasteiger partial charge in [0.05, 0.1) is 29.9 Å². The van der Waals surface area contributed by atoms with Crippen LogP contribution >= 0.6 is 0 Å². The van der Waals surface area contributed by atoms with Crippen LogP contribution in [0.25, 0.3) is 22.3 Å². The van der Waals surface area contributed by atoms with E-state index in [-0.39, 0.29) is 11.5 Å². The molecular formula is C25H26N4O2. The number of nitrogens with zero attached hydrogens (tertiary/aromatic N) is 4. The molecule has 0 atom stereocenters. The second kappa shape index (κ2) is 8.22. The minimum absolute atomic E-state index is 0.202. The molecule has 0 fully saturated rings. The topological polar surface area (TPSA) is 61.4 Å². The molecule has 0 amide bonds. The van der Waals surface area contributed by atoms with Crippen molar-refractivity contribution < 1.29 is 4.74 Å². The molecule has 2 heterocycles. The van der Waals surface area contributed by atoms with Crippen LogP contribution in [0.4, 0.5) is 0 Å². The number of para-hydroxylation sites is 1. The Bertz CT molecular complexity index is 1350. The number of hydrogen-bond acceptors (Lipinski definition) is 4. The highest BCUT2D eigenvalue weighted by Gasteiger charge is 2.18. The third-order valence-electron chi connectivity index (χ3n) is 5.48. The lowest BCUT2D eigenvalue weighted by atomic mass is 9.96. The van der Waals surface area contributed by atoms with Crippen molar-refractivity contribution in [3.8, 4) is 17.1 Å². The van der Waals surface area contributed by atoms with E-state index in [1.807, 2.05) is 61.1 Å². The molecule has 0 bridgehead atoms. The van der Waals surface area contributed by atoms with Crippen LogP contribution in [0, 0.1) is 6.92 Å². The van der Waals surface area contributed by atoms with Gasteiger partial charge in [-0.05, 0) is 60.4 Å². The molecule has 6 heteroatoms. The van der Waals surface area contributed by atoms with Crippen LogP contribution < -0.4 is 10.3 Å². The van der Waals surface area contributed by atoms with Gasteiger partial charge in [0.2, 0.25) is 0 Å². The summed E-state index contributed by atoms with van der Waals surface area (Å²) >= 11 is 0. The highest BCUT2D eigenvalue weighted by atomic mass is 16.5. The summed E-state index contributed by atoms with van der Waals surface area (Å²) in [5, 5.41) is 5.09. The lowest BCUT2D eigenvalue weighted by Gasteiger charge is -2.17. The van der Waals surface area contributed by atoms with E-state index in [2.05, 4.69) is 25.0 Å². The standard InChI is InChI=1S/C25H26N4O2/c1-16(2)20-14-21(17(3)13-23(20)31-5)24-27-22-11-7-6-10-19(22)25(30)29(24)26-15-18-9-8-12-28(18)4/h6-16H,1-5H3. The van der Waals surface area contributed by atoms with Gasteiger partial charge in [0.1, 0.15) is 5.75 Å². The first-order valence-corrected chi connectivity index (χ1v) is 10.3. The molecule has 6 nitrogen and oxygen atoms in total. The van der Waals surface area contributed by atoms with Gasteiger partial charge in [0.25, 0.3) is 5.56 Å². The number of aromatic nitrogens is 3. The predicted molar refractivity (Wildman–Crippen MR) is 125 cm³/mol. The Morgan fingerprint density at radius 2 is 1.90 bits per heavy atom. The zero-order chi connectivity index (χ0) is 22.1. The van der Waals surface area contributed by atoms with E-state index in [4.69, 9.17) is 9.72 Å². The molecule has 0 aliphatic carbocycles. The number of hydrogen-bond donors (Lipinski definition) is 0. The minimum atomic E-state index is -0.202. The molecule has 0 saturated carbocycles. The van der Waals surface area contributed by atoms with Gasteiger partial charge in [-0.25, -0.2) is 4.98 Å². The molecular weight excluding hydrogens is 388 g/mol. The molecule has 0 saturated heterocycles. The maximum absolute atomic E-state index is 13.4. The fourth-order valence-electron chi connectivity index (χ4n) is 3.70. The van der Waals surface area contributed by atoms with Gasteiger partial charge in [-0.1, -0.05) is 26.0 Å². The van der Waals surface area contributed by atoms with E-state index < -0.39 is 0 Å². The van der Waals surface area contributed by atoms with Crippen molar-refractivity contribution in [2.75, 3.05) is 7.11 Å². The lowest BCUT2D eigenvalue weighted by molar-refractivity contribution is 0.407. The summed E-state index contributed by atoms with van der Waals surface area (Å²) in [6.45, 7) is 6.23. The Morgan fingerprint density at radius 1 is 1.13 bits per heavy atom. The molecule has 0 spiro atoms. The highest BCUT2D eigenvalue weighted by molar-refractivity contribution is 5.81. The molecule has 0 aliphatic rings. The average Bonchev–Trinajstić information content (AvgIpc) is 3.17. The summed E-state index contributed by atoms with van der Waals surface area (Å²) in [5.41, 5.74) is 4.22. The third kappa shape index (κ3) is 3.77. The molecule has 4 rings (SSSR count). The second-order valence-electron chi connectivity index (χ2n) is 7.92. The minimum Gasteiger partial charge on any atom is -0.496 e. The molecule has 0 N–H and O–H groups in total. The van der Waals surface area contributed by atoms with Crippen molar-refractivity contribution in [3.63, 3.8) is 0 Å². The fourth-order valence-corrected chi connectivity index (χ4v) is 3.70. The van der Waals surface area contributed by atoms with Crippen LogP contribution in [0.5, 0.6) is 5.75 Å². The van der Waals surface area contributed by atoms with Gasteiger partial charge in [0.15, 0.2) is 5.82 Å². The van der Waals surface area contributed by atoms with Crippen LogP contribution in [0.15, 0.2) is 64.6 Å². The van der Waals surface area contributed by atoms with Gasteiger partial charge >= 0.3 is 0 Å². The fraction of sp³-hybridized carbons (Fsp3) is 0.240. The van der Waals surface area contributed by atoms with Gasteiger partial charge in [-0.15, -0.1) is 0 Å². The average molecular weight is 415 g/mol. The number of rotatable bonds is 5. The summed E-state index contributed by atoms with van der Waals surface area (Å²) in [7, 11) is 3.61. The zero-order valence-corrected chi connectivity index (χ0v) is 18.5.